The van der Waals surface area contributed by atoms with Gasteiger partial charge in [-0.3, -0.25) is 9.48 Å². The average Bonchev–Trinajstić information content (AvgIpc) is 3.08. The van der Waals surface area contributed by atoms with E-state index in [-0.39, 0.29) is 16.7 Å². The lowest BCUT2D eigenvalue weighted by Gasteiger charge is -2.36. The molecule has 0 aromatic carbocycles. The Kier molecular flexibility index (Phi) is 7.84. The summed E-state index contributed by atoms with van der Waals surface area (Å²) < 4.78 is 13.7. The number of anilines is 2. The molecule has 0 saturated heterocycles. The van der Waals surface area contributed by atoms with Crippen LogP contribution in [0, 0.1) is 0 Å². The zero-order valence-electron chi connectivity index (χ0n) is 20.8. The smallest absolute Gasteiger partial charge is 0.277 e. The maximum absolute atomic E-state index is 12.2. The SMILES string of the molecule is C[C@@H](CCO[Si](C)(C)C(C)(C)C)Oc1cc(Nc2ccnc(-c3c[nH]n(C)c3=O)n2)ncc1Cl. The molecule has 3 rings (SSSR count). The van der Waals surface area contributed by atoms with Crippen molar-refractivity contribution in [2.75, 3.05) is 11.9 Å². The van der Waals surface area contributed by atoms with Gasteiger partial charge >= 0.3 is 0 Å². The lowest BCUT2D eigenvalue weighted by molar-refractivity contribution is 0.171. The van der Waals surface area contributed by atoms with E-state index in [2.05, 4.69) is 59.2 Å². The number of nitrogens with zero attached hydrogens (tertiary/aromatic N) is 4. The molecule has 184 valence electrons. The van der Waals surface area contributed by atoms with Crippen LogP contribution in [0.15, 0.2) is 35.5 Å². The predicted molar refractivity (Wildman–Crippen MR) is 137 cm³/mol. The van der Waals surface area contributed by atoms with E-state index in [0.29, 0.717) is 40.4 Å². The normalized spacial score (nSPS) is 13.1. The maximum Gasteiger partial charge on any atom is 0.277 e. The molecule has 9 nitrogen and oxygen atoms in total. The molecule has 3 aromatic rings. The summed E-state index contributed by atoms with van der Waals surface area (Å²) in [6.07, 6.45) is 5.34. The third-order valence-electron chi connectivity index (χ3n) is 6.03. The molecule has 0 aliphatic heterocycles. The summed E-state index contributed by atoms with van der Waals surface area (Å²) >= 11 is 6.33. The molecule has 0 unspecified atom stereocenters. The second kappa shape index (κ2) is 10.3. The number of hydrogen-bond acceptors (Lipinski definition) is 7. The Hall–Kier alpha value is -2.69. The van der Waals surface area contributed by atoms with E-state index in [0.717, 1.165) is 6.42 Å². The van der Waals surface area contributed by atoms with Crippen molar-refractivity contribution in [1.82, 2.24) is 24.7 Å². The number of pyridine rings is 1. The predicted octanol–water partition coefficient (Wildman–Crippen LogP) is 5.14. The van der Waals surface area contributed by atoms with Crippen LogP contribution in [0.3, 0.4) is 0 Å². The van der Waals surface area contributed by atoms with Crippen LogP contribution in [0.1, 0.15) is 34.1 Å². The van der Waals surface area contributed by atoms with Crippen molar-refractivity contribution in [2.45, 2.75) is 58.4 Å². The Bertz CT molecular complexity index is 1190. The monoisotopic (exact) mass is 504 g/mol. The Morgan fingerprint density at radius 3 is 2.65 bits per heavy atom. The molecule has 11 heteroatoms. The van der Waals surface area contributed by atoms with Crippen molar-refractivity contribution in [1.29, 1.82) is 0 Å². The molecule has 0 aliphatic carbocycles. The summed E-state index contributed by atoms with van der Waals surface area (Å²) in [6, 6.07) is 3.42. The van der Waals surface area contributed by atoms with Gasteiger partial charge in [0.1, 0.15) is 28.0 Å². The van der Waals surface area contributed by atoms with Crippen molar-refractivity contribution in [3.05, 3.63) is 46.1 Å². The van der Waals surface area contributed by atoms with Crippen LogP contribution in [0.2, 0.25) is 23.2 Å². The summed E-state index contributed by atoms with van der Waals surface area (Å²) in [5.74, 6) is 1.83. The topological polar surface area (TPSA) is 107 Å². The molecule has 0 saturated carbocycles. The number of halogens is 1. The summed E-state index contributed by atoms with van der Waals surface area (Å²) in [4.78, 5) is 25.1. The van der Waals surface area contributed by atoms with Crippen molar-refractivity contribution < 1.29 is 9.16 Å². The fourth-order valence-corrected chi connectivity index (χ4v) is 4.07. The van der Waals surface area contributed by atoms with Gasteiger partial charge in [-0.15, -0.1) is 0 Å². The van der Waals surface area contributed by atoms with Gasteiger partial charge in [0.25, 0.3) is 5.56 Å². The van der Waals surface area contributed by atoms with Crippen LogP contribution in [-0.2, 0) is 11.5 Å². The van der Waals surface area contributed by atoms with Gasteiger partial charge < -0.3 is 19.6 Å². The molecule has 0 aliphatic rings. The highest BCUT2D eigenvalue weighted by Gasteiger charge is 2.37. The first kappa shape index (κ1) is 25.9. The number of aryl methyl sites for hydroxylation is 1. The quantitative estimate of drug-likeness (QED) is 0.388. The van der Waals surface area contributed by atoms with Crippen molar-refractivity contribution in [3.8, 4) is 17.1 Å². The standard InChI is InChI=1S/C23H33ClN6O3Si/c1-15(9-11-32-34(6,7)23(2,3)4)33-18-12-20(26-14-17(18)24)28-19-8-10-25-21(29-19)16-13-27-30(5)22(16)31/h8,10,12-15,27H,9,11H2,1-7H3,(H,25,26,28,29)/t15-/m0/s1. The van der Waals surface area contributed by atoms with Crippen molar-refractivity contribution in [2.24, 2.45) is 7.05 Å². The van der Waals surface area contributed by atoms with E-state index in [1.165, 1.54) is 10.9 Å². The number of H-pyrrole nitrogens is 1. The van der Waals surface area contributed by atoms with E-state index in [1.54, 1.807) is 31.6 Å². The third kappa shape index (κ3) is 6.25. The summed E-state index contributed by atoms with van der Waals surface area (Å²) in [5, 5.41) is 6.53. The fraction of sp³-hybridized carbons (Fsp3) is 0.478. The highest BCUT2D eigenvalue weighted by molar-refractivity contribution is 6.74. The highest BCUT2D eigenvalue weighted by atomic mass is 35.5. The van der Waals surface area contributed by atoms with Gasteiger partial charge in [0.15, 0.2) is 14.1 Å². The maximum atomic E-state index is 12.2. The largest absolute Gasteiger partial charge is 0.489 e. The van der Waals surface area contributed by atoms with E-state index in [1.807, 2.05) is 6.92 Å². The van der Waals surface area contributed by atoms with Crippen LogP contribution in [0.25, 0.3) is 11.4 Å². The van der Waals surface area contributed by atoms with Crippen LogP contribution < -0.4 is 15.6 Å². The first-order valence-electron chi connectivity index (χ1n) is 11.2. The Labute approximate surface area is 206 Å². The average molecular weight is 505 g/mol. The van der Waals surface area contributed by atoms with Gasteiger partial charge in [-0.1, -0.05) is 32.4 Å². The molecular formula is C23H33ClN6O3Si. The molecule has 0 bridgehead atoms. The molecule has 0 spiro atoms. The van der Waals surface area contributed by atoms with Crippen molar-refractivity contribution >= 4 is 31.6 Å². The molecule has 0 radical (unpaired) electrons. The van der Waals surface area contributed by atoms with Gasteiger partial charge in [0, 0.05) is 38.5 Å². The minimum Gasteiger partial charge on any atom is -0.489 e. The summed E-state index contributed by atoms with van der Waals surface area (Å²) in [6.45, 7) is 13.8. The number of ether oxygens (including phenoxy) is 1. The first-order valence-corrected chi connectivity index (χ1v) is 14.5. The number of aromatic nitrogens is 5. The highest BCUT2D eigenvalue weighted by Crippen LogP contribution is 2.36. The number of aromatic amines is 1. The van der Waals surface area contributed by atoms with E-state index in [9.17, 15) is 4.79 Å². The number of rotatable bonds is 9. The van der Waals surface area contributed by atoms with E-state index in [4.69, 9.17) is 20.8 Å². The lowest BCUT2D eigenvalue weighted by atomic mass is 10.2. The molecule has 1 atom stereocenters. The Balaban J connectivity index is 1.66. The van der Waals surface area contributed by atoms with Crippen LogP contribution >= 0.6 is 11.6 Å². The molecular weight excluding hydrogens is 472 g/mol. The third-order valence-corrected chi connectivity index (χ3v) is 10.9. The summed E-state index contributed by atoms with van der Waals surface area (Å²) in [5.41, 5.74) is 0.178. The van der Waals surface area contributed by atoms with Crippen molar-refractivity contribution in [3.63, 3.8) is 0 Å². The van der Waals surface area contributed by atoms with Crippen LogP contribution in [0.5, 0.6) is 5.75 Å². The molecule has 34 heavy (non-hydrogen) atoms. The lowest BCUT2D eigenvalue weighted by Crippen LogP contribution is -2.41. The van der Waals surface area contributed by atoms with Gasteiger partial charge in [-0.05, 0) is 31.1 Å². The van der Waals surface area contributed by atoms with E-state index < -0.39 is 8.32 Å². The zero-order valence-corrected chi connectivity index (χ0v) is 22.5. The fourth-order valence-electron chi connectivity index (χ4n) is 2.86. The number of nitrogens with one attached hydrogen (secondary N) is 2. The number of hydrogen-bond donors (Lipinski definition) is 2. The Morgan fingerprint density at radius 2 is 2.00 bits per heavy atom. The van der Waals surface area contributed by atoms with Gasteiger partial charge in [0.05, 0.1) is 12.3 Å². The second-order valence-corrected chi connectivity index (χ2v) is 15.0. The molecule has 2 N–H and O–H groups in total. The molecule has 0 fully saturated rings. The minimum atomic E-state index is -1.79. The van der Waals surface area contributed by atoms with Gasteiger partial charge in [-0.2, -0.15) is 0 Å². The molecule has 0 amide bonds. The summed E-state index contributed by atoms with van der Waals surface area (Å²) in [7, 11) is -0.162. The van der Waals surface area contributed by atoms with E-state index >= 15 is 0 Å². The van der Waals surface area contributed by atoms with Crippen LogP contribution in [0.4, 0.5) is 11.6 Å². The first-order chi connectivity index (χ1) is 15.9. The zero-order chi connectivity index (χ0) is 25.1. The van der Waals surface area contributed by atoms with Gasteiger partial charge in [-0.25, -0.2) is 15.0 Å². The second-order valence-electron chi connectivity index (χ2n) is 9.77. The van der Waals surface area contributed by atoms with Gasteiger partial charge in [0.2, 0.25) is 0 Å². The molecule has 3 heterocycles. The minimum absolute atomic E-state index is 0.0898. The Morgan fingerprint density at radius 1 is 1.26 bits per heavy atom. The molecule has 3 aromatic heterocycles. The van der Waals surface area contributed by atoms with Crippen LogP contribution in [-0.4, -0.2) is 45.8 Å².